The first-order chi connectivity index (χ1) is 15.2. The van der Waals surface area contributed by atoms with Crippen molar-refractivity contribution in [3.8, 4) is 11.1 Å². The van der Waals surface area contributed by atoms with Crippen LogP contribution >= 0.6 is 11.6 Å². The third-order valence-electron chi connectivity index (χ3n) is 5.40. The summed E-state index contributed by atoms with van der Waals surface area (Å²) in [5.74, 6) is 0.0441. The average Bonchev–Trinajstić information content (AvgIpc) is 3.11. The van der Waals surface area contributed by atoms with Gasteiger partial charge in [-0.25, -0.2) is 4.79 Å². The van der Waals surface area contributed by atoms with Crippen LogP contribution in [0.3, 0.4) is 0 Å². The second kappa shape index (κ2) is 9.63. The molecular weight excluding hydrogens is 410 g/mol. The first-order valence-corrected chi connectivity index (χ1v) is 10.6. The van der Waals surface area contributed by atoms with Crippen LogP contribution in [-0.2, 0) is 4.74 Å². The standard InChI is InChI=1S/C26H22ClNO3/c27-20-13-12-19(16-29)18(15-20)7-5-6-14-28-26(30)31-17-25-23-10-3-1-8-21(23)22-9-2-4-11-24(22)25/h1-5,7-13,15-16,25H,6,14,17H2,(H,28,30). The van der Waals surface area contributed by atoms with E-state index >= 15 is 0 Å². The molecular formula is C26H22ClNO3. The fourth-order valence-corrected chi connectivity index (χ4v) is 4.10. The van der Waals surface area contributed by atoms with Crippen LogP contribution in [0.25, 0.3) is 17.2 Å². The Kier molecular flexibility index (Phi) is 6.48. The monoisotopic (exact) mass is 431 g/mol. The quantitative estimate of drug-likeness (QED) is 0.363. The molecule has 5 heteroatoms. The Morgan fingerprint density at radius 3 is 2.32 bits per heavy atom. The maximum absolute atomic E-state index is 12.2. The molecule has 0 saturated heterocycles. The minimum atomic E-state index is -0.438. The van der Waals surface area contributed by atoms with Crippen molar-refractivity contribution in [1.29, 1.82) is 0 Å². The molecule has 3 aromatic rings. The number of amides is 1. The molecule has 1 aliphatic carbocycles. The highest BCUT2D eigenvalue weighted by Gasteiger charge is 2.28. The van der Waals surface area contributed by atoms with Gasteiger partial charge in [0.2, 0.25) is 0 Å². The van der Waals surface area contributed by atoms with Gasteiger partial charge in [0.25, 0.3) is 0 Å². The van der Waals surface area contributed by atoms with E-state index in [1.165, 1.54) is 22.3 Å². The molecule has 31 heavy (non-hydrogen) atoms. The highest BCUT2D eigenvalue weighted by atomic mass is 35.5. The average molecular weight is 432 g/mol. The summed E-state index contributed by atoms with van der Waals surface area (Å²) in [4.78, 5) is 23.3. The lowest BCUT2D eigenvalue weighted by Gasteiger charge is -2.14. The number of benzene rings is 3. The number of nitrogens with one attached hydrogen (secondary N) is 1. The number of carbonyl (C=O) groups excluding carboxylic acids is 2. The van der Waals surface area contributed by atoms with Crippen molar-refractivity contribution in [3.63, 3.8) is 0 Å². The molecule has 156 valence electrons. The fraction of sp³-hybridized carbons (Fsp3) is 0.154. The van der Waals surface area contributed by atoms with Gasteiger partial charge in [-0.05, 0) is 52.4 Å². The number of rotatable bonds is 7. The molecule has 1 N–H and O–H groups in total. The third kappa shape index (κ3) is 4.70. The number of hydrogen-bond donors (Lipinski definition) is 1. The molecule has 3 aromatic carbocycles. The topological polar surface area (TPSA) is 55.4 Å². The van der Waals surface area contributed by atoms with Crippen LogP contribution in [-0.4, -0.2) is 25.5 Å². The molecule has 0 aromatic heterocycles. The summed E-state index contributed by atoms with van der Waals surface area (Å²) in [5, 5.41) is 3.34. The van der Waals surface area contributed by atoms with Crippen LogP contribution in [0.4, 0.5) is 4.79 Å². The highest BCUT2D eigenvalue weighted by molar-refractivity contribution is 6.30. The second-order valence-corrected chi connectivity index (χ2v) is 7.77. The van der Waals surface area contributed by atoms with Crippen molar-refractivity contribution in [2.24, 2.45) is 0 Å². The van der Waals surface area contributed by atoms with E-state index in [-0.39, 0.29) is 5.92 Å². The first kappa shape index (κ1) is 20.9. The Balaban J connectivity index is 1.29. The molecule has 4 nitrogen and oxygen atoms in total. The third-order valence-corrected chi connectivity index (χ3v) is 5.63. The summed E-state index contributed by atoms with van der Waals surface area (Å²) in [6.07, 6.45) is 4.68. The maximum atomic E-state index is 12.2. The van der Waals surface area contributed by atoms with Crippen LogP contribution < -0.4 is 5.32 Å². The number of ether oxygens (including phenoxy) is 1. The van der Waals surface area contributed by atoms with Crippen molar-refractivity contribution in [3.05, 3.63) is 100 Å². The largest absolute Gasteiger partial charge is 0.449 e. The number of carbonyl (C=O) groups is 2. The highest BCUT2D eigenvalue weighted by Crippen LogP contribution is 2.44. The van der Waals surface area contributed by atoms with Gasteiger partial charge >= 0.3 is 6.09 Å². The van der Waals surface area contributed by atoms with Gasteiger partial charge < -0.3 is 10.1 Å². The fourth-order valence-electron chi connectivity index (χ4n) is 3.91. The van der Waals surface area contributed by atoms with Gasteiger partial charge in [0, 0.05) is 23.0 Å². The molecule has 4 rings (SSSR count). The maximum Gasteiger partial charge on any atom is 0.407 e. The lowest BCUT2D eigenvalue weighted by Crippen LogP contribution is -2.26. The van der Waals surface area contributed by atoms with E-state index in [4.69, 9.17) is 16.3 Å². The SMILES string of the molecule is O=Cc1ccc(Cl)cc1C=CCCNC(=O)OCC1c2ccccc2-c2ccccc21. The molecule has 1 amide bonds. The van der Waals surface area contributed by atoms with Crippen molar-refractivity contribution in [2.45, 2.75) is 12.3 Å². The molecule has 0 atom stereocenters. The van der Waals surface area contributed by atoms with Gasteiger partial charge in [-0.2, -0.15) is 0 Å². The Hall–Kier alpha value is -3.37. The van der Waals surface area contributed by atoms with Crippen LogP contribution in [0, 0.1) is 0 Å². The summed E-state index contributed by atoms with van der Waals surface area (Å²) in [5.41, 5.74) is 6.11. The van der Waals surface area contributed by atoms with Crippen LogP contribution in [0.5, 0.6) is 0 Å². The van der Waals surface area contributed by atoms with Gasteiger partial charge in [-0.1, -0.05) is 72.3 Å². The molecule has 0 spiro atoms. The summed E-state index contributed by atoms with van der Waals surface area (Å²) in [6.45, 7) is 0.727. The minimum absolute atomic E-state index is 0.0441. The number of hydrogen-bond acceptors (Lipinski definition) is 3. The van der Waals surface area contributed by atoms with Crippen molar-refractivity contribution >= 4 is 30.1 Å². The van der Waals surface area contributed by atoms with E-state index in [1.807, 2.05) is 36.4 Å². The van der Waals surface area contributed by atoms with E-state index in [0.29, 0.717) is 30.2 Å². The molecule has 1 aliphatic rings. The van der Waals surface area contributed by atoms with E-state index < -0.39 is 6.09 Å². The van der Waals surface area contributed by atoms with Crippen LogP contribution in [0.1, 0.15) is 39.4 Å². The molecule has 0 saturated carbocycles. The second-order valence-electron chi connectivity index (χ2n) is 7.33. The Morgan fingerprint density at radius 1 is 0.968 bits per heavy atom. The van der Waals surface area contributed by atoms with Gasteiger partial charge in [-0.3, -0.25) is 4.79 Å². The Morgan fingerprint density at radius 2 is 1.65 bits per heavy atom. The normalized spacial score (nSPS) is 12.4. The van der Waals surface area contributed by atoms with E-state index in [0.717, 1.165) is 11.8 Å². The van der Waals surface area contributed by atoms with E-state index in [2.05, 4.69) is 29.6 Å². The molecule has 0 aliphatic heterocycles. The summed E-state index contributed by atoms with van der Waals surface area (Å²) in [7, 11) is 0. The van der Waals surface area contributed by atoms with Crippen molar-refractivity contribution < 1.29 is 14.3 Å². The zero-order valence-corrected chi connectivity index (χ0v) is 17.6. The summed E-state index contributed by atoms with van der Waals surface area (Å²) < 4.78 is 5.52. The number of alkyl carbamates (subject to hydrolysis) is 1. The zero-order valence-electron chi connectivity index (χ0n) is 16.9. The molecule has 0 bridgehead atoms. The lowest BCUT2D eigenvalue weighted by atomic mass is 9.98. The number of aldehydes is 1. The summed E-state index contributed by atoms with van der Waals surface area (Å²) in [6, 6.07) is 21.6. The van der Waals surface area contributed by atoms with Gasteiger partial charge in [0.15, 0.2) is 6.29 Å². The van der Waals surface area contributed by atoms with Crippen LogP contribution in [0.15, 0.2) is 72.8 Å². The molecule has 0 radical (unpaired) electrons. The molecule has 0 unspecified atom stereocenters. The van der Waals surface area contributed by atoms with Gasteiger partial charge in [0.05, 0.1) is 0 Å². The Labute approximate surface area is 186 Å². The zero-order chi connectivity index (χ0) is 21.6. The van der Waals surface area contributed by atoms with E-state index in [1.54, 1.807) is 18.2 Å². The van der Waals surface area contributed by atoms with E-state index in [9.17, 15) is 9.59 Å². The smallest absolute Gasteiger partial charge is 0.407 e. The number of halogens is 1. The van der Waals surface area contributed by atoms with Gasteiger partial charge in [0.1, 0.15) is 6.61 Å². The van der Waals surface area contributed by atoms with Crippen molar-refractivity contribution in [1.82, 2.24) is 5.32 Å². The molecule has 0 fully saturated rings. The lowest BCUT2D eigenvalue weighted by molar-refractivity contribution is 0.112. The summed E-state index contributed by atoms with van der Waals surface area (Å²) >= 11 is 5.98. The van der Waals surface area contributed by atoms with Crippen molar-refractivity contribution in [2.75, 3.05) is 13.2 Å². The minimum Gasteiger partial charge on any atom is -0.449 e. The van der Waals surface area contributed by atoms with Crippen LogP contribution in [0.2, 0.25) is 5.02 Å². The Bertz CT molecular complexity index is 1090. The molecule has 0 heterocycles. The number of fused-ring (bicyclic) bond motifs is 3. The van der Waals surface area contributed by atoms with Gasteiger partial charge in [-0.15, -0.1) is 0 Å². The predicted octanol–water partition coefficient (Wildman–Crippen LogP) is 6.09. The predicted molar refractivity (Wildman–Crippen MR) is 124 cm³/mol. The first-order valence-electron chi connectivity index (χ1n) is 10.2.